The molecule has 2 aromatic heterocycles. The van der Waals surface area contributed by atoms with Crippen molar-refractivity contribution >= 4 is 22.8 Å². The quantitative estimate of drug-likeness (QED) is 0.465. The summed E-state index contributed by atoms with van der Waals surface area (Å²) in [4.78, 5) is 39.0. The molecular formula is C24H25N7O4. The average molecular weight is 476 g/mol. The molecule has 0 unspecified atom stereocenters. The molecular weight excluding hydrogens is 450 g/mol. The van der Waals surface area contributed by atoms with E-state index in [1.165, 1.54) is 11.9 Å². The number of fused-ring (bicyclic) bond motifs is 1. The predicted molar refractivity (Wildman–Crippen MR) is 130 cm³/mol. The molecule has 0 spiro atoms. The molecule has 0 bridgehead atoms. The number of hydrogen-bond acceptors (Lipinski definition) is 8. The molecule has 1 aliphatic heterocycles. The number of carbonyl (C=O) groups is 1. The lowest BCUT2D eigenvalue weighted by molar-refractivity contribution is 0.0766. The second-order valence-corrected chi connectivity index (χ2v) is 8.08. The summed E-state index contributed by atoms with van der Waals surface area (Å²) in [5, 5.41) is 8.76. The Morgan fingerprint density at radius 1 is 0.971 bits per heavy atom. The zero-order valence-electron chi connectivity index (χ0n) is 19.5. The summed E-state index contributed by atoms with van der Waals surface area (Å²) in [6.45, 7) is 2.23. The number of nitrogens with zero attached hydrogens (tertiary/aromatic N) is 6. The van der Waals surface area contributed by atoms with E-state index >= 15 is 0 Å². The van der Waals surface area contributed by atoms with E-state index in [1.807, 2.05) is 28.0 Å². The van der Waals surface area contributed by atoms with Crippen LogP contribution < -0.4 is 19.9 Å². The van der Waals surface area contributed by atoms with Crippen LogP contribution in [-0.2, 0) is 0 Å². The molecule has 0 saturated carbocycles. The van der Waals surface area contributed by atoms with Crippen molar-refractivity contribution in [3.05, 3.63) is 64.7 Å². The number of rotatable bonds is 5. The summed E-state index contributed by atoms with van der Waals surface area (Å²) in [6.07, 6.45) is 3.88. The van der Waals surface area contributed by atoms with E-state index in [-0.39, 0.29) is 11.5 Å². The fourth-order valence-electron chi connectivity index (χ4n) is 4.28. The van der Waals surface area contributed by atoms with Gasteiger partial charge in [0.2, 0.25) is 5.95 Å². The third kappa shape index (κ3) is 4.27. The number of para-hydroxylation sites is 1. The lowest BCUT2D eigenvalue weighted by atomic mass is 10.1. The Balaban J connectivity index is 1.39. The number of amides is 1. The van der Waals surface area contributed by atoms with E-state index < -0.39 is 0 Å². The van der Waals surface area contributed by atoms with Crippen molar-refractivity contribution in [3.8, 4) is 17.2 Å². The summed E-state index contributed by atoms with van der Waals surface area (Å²) >= 11 is 0. The minimum Gasteiger partial charge on any atom is -0.493 e. The van der Waals surface area contributed by atoms with Gasteiger partial charge in [-0.05, 0) is 24.6 Å². The maximum Gasteiger partial charge on any atom is 0.260 e. The smallest absolute Gasteiger partial charge is 0.260 e. The van der Waals surface area contributed by atoms with Crippen LogP contribution in [0.2, 0.25) is 0 Å². The molecule has 11 nitrogen and oxygen atoms in total. The van der Waals surface area contributed by atoms with Crippen molar-refractivity contribution in [2.24, 2.45) is 0 Å². The first-order chi connectivity index (χ1) is 17.1. The summed E-state index contributed by atoms with van der Waals surface area (Å²) in [7, 11) is 3.06. The summed E-state index contributed by atoms with van der Waals surface area (Å²) in [5.74, 6) is 1.35. The molecule has 3 heterocycles. The molecule has 1 amide bonds. The van der Waals surface area contributed by atoms with Gasteiger partial charge in [0.15, 0.2) is 11.5 Å². The molecule has 1 aliphatic rings. The van der Waals surface area contributed by atoms with Crippen molar-refractivity contribution in [2.75, 3.05) is 45.3 Å². The van der Waals surface area contributed by atoms with E-state index in [0.29, 0.717) is 65.8 Å². The van der Waals surface area contributed by atoms with Gasteiger partial charge in [0.25, 0.3) is 11.5 Å². The molecule has 35 heavy (non-hydrogen) atoms. The van der Waals surface area contributed by atoms with Crippen LogP contribution in [0.25, 0.3) is 16.6 Å². The first kappa shape index (κ1) is 22.4. The van der Waals surface area contributed by atoms with Crippen molar-refractivity contribution in [1.29, 1.82) is 0 Å². The lowest BCUT2D eigenvalue weighted by Crippen LogP contribution is -2.36. The third-order valence-electron chi connectivity index (χ3n) is 6.05. The van der Waals surface area contributed by atoms with Gasteiger partial charge in [0, 0.05) is 32.2 Å². The number of carbonyl (C=O) groups excluding carboxylic acids is 1. The Morgan fingerprint density at radius 3 is 2.49 bits per heavy atom. The first-order valence-electron chi connectivity index (χ1n) is 11.2. The van der Waals surface area contributed by atoms with Gasteiger partial charge < -0.3 is 19.3 Å². The number of aromatic amines is 1. The SMILES string of the molecule is COc1cc2nc(N3CCCN(C(=O)c4ccccc4-n4nccn4)CC3)[nH]c(=O)c2cc1OC. The number of nitrogens with one attached hydrogen (secondary N) is 1. The Kier molecular flexibility index (Phi) is 6.04. The maximum atomic E-state index is 13.4. The molecule has 11 heteroatoms. The lowest BCUT2D eigenvalue weighted by Gasteiger charge is -2.23. The van der Waals surface area contributed by atoms with Crippen LogP contribution in [0, 0.1) is 0 Å². The summed E-state index contributed by atoms with van der Waals surface area (Å²) < 4.78 is 10.7. The third-order valence-corrected chi connectivity index (χ3v) is 6.05. The topological polar surface area (TPSA) is 118 Å². The van der Waals surface area contributed by atoms with E-state index in [9.17, 15) is 9.59 Å². The monoisotopic (exact) mass is 475 g/mol. The fraction of sp³-hybridized carbons (Fsp3) is 0.292. The normalized spacial score (nSPS) is 14.1. The highest BCUT2D eigenvalue weighted by Crippen LogP contribution is 2.30. The second-order valence-electron chi connectivity index (χ2n) is 8.08. The van der Waals surface area contributed by atoms with Gasteiger partial charge in [-0.3, -0.25) is 14.6 Å². The summed E-state index contributed by atoms with van der Waals surface area (Å²) in [6, 6.07) is 10.6. The van der Waals surface area contributed by atoms with Gasteiger partial charge in [-0.2, -0.15) is 15.0 Å². The highest BCUT2D eigenvalue weighted by Gasteiger charge is 2.24. The zero-order chi connectivity index (χ0) is 24.4. The Hall–Kier alpha value is -4.41. The molecule has 0 radical (unpaired) electrons. The number of ether oxygens (including phenoxy) is 2. The molecule has 5 rings (SSSR count). The molecule has 0 aliphatic carbocycles. The van der Waals surface area contributed by atoms with Crippen LogP contribution in [0.3, 0.4) is 0 Å². The van der Waals surface area contributed by atoms with E-state index in [2.05, 4.69) is 20.2 Å². The van der Waals surface area contributed by atoms with Crippen molar-refractivity contribution < 1.29 is 14.3 Å². The largest absolute Gasteiger partial charge is 0.493 e. The van der Waals surface area contributed by atoms with E-state index in [0.717, 1.165) is 6.42 Å². The van der Waals surface area contributed by atoms with Crippen LogP contribution in [0.1, 0.15) is 16.8 Å². The van der Waals surface area contributed by atoms with Crippen LogP contribution in [0.4, 0.5) is 5.95 Å². The van der Waals surface area contributed by atoms with Crippen molar-refractivity contribution in [2.45, 2.75) is 6.42 Å². The molecule has 2 aromatic carbocycles. The van der Waals surface area contributed by atoms with E-state index in [1.54, 1.807) is 37.7 Å². The molecule has 1 saturated heterocycles. The highest BCUT2D eigenvalue weighted by molar-refractivity contribution is 5.97. The van der Waals surface area contributed by atoms with Crippen molar-refractivity contribution in [3.63, 3.8) is 0 Å². The number of anilines is 1. The Labute approximate surface area is 200 Å². The predicted octanol–water partition coefficient (Wildman–Crippen LogP) is 1.87. The maximum absolute atomic E-state index is 13.4. The van der Waals surface area contributed by atoms with Gasteiger partial charge in [0.1, 0.15) is 0 Å². The van der Waals surface area contributed by atoms with Crippen LogP contribution in [0.15, 0.2) is 53.6 Å². The van der Waals surface area contributed by atoms with Gasteiger partial charge >= 0.3 is 0 Å². The standard InChI is InChI=1S/C24H25N7O4/c1-34-20-14-17-18(15-21(20)35-2)27-24(28-22(17)32)30-11-5-10-29(12-13-30)23(33)16-6-3-4-7-19(16)31-25-8-9-26-31/h3-4,6-9,14-15H,5,10-13H2,1-2H3,(H,27,28,32). The van der Waals surface area contributed by atoms with Gasteiger partial charge in [0.05, 0.1) is 48.8 Å². The summed E-state index contributed by atoms with van der Waals surface area (Å²) in [5.41, 5.74) is 1.42. The van der Waals surface area contributed by atoms with Gasteiger partial charge in [-0.25, -0.2) is 4.98 Å². The zero-order valence-corrected chi connectivity index (χ0v) is 19.5. The molecule has 1 N–H and O–H groups in total. The van der Waals surface area contributed by atoms with Gasteiger partial charge in [-0.15, -0.1) is 0 Å². The highest BCUT2D eigenvalue weighted by atomic mass is 16.5. The molecule has 0 atom stereocenters. The number of aromatic nitrogens is 5. The molecule has 1 fully saturated rings. The average Bonchev–Trinajstić information content (AvgIpc) is 3.31. The van der Waals surface area contributed by atoms with Crippen LogP contribution >= 0.6 is 0 Å². The van der Waals surface area contributed by atoms with E-state index in [4.69, 9.17) is 9.47 Å². The van der Waals surface area contributed by atoms with Gasteiger partial charge in [-0.1, -0.05) is 12.1 Å². The number of hydrogen-bond donors (Lipinski definition) is 1. The minimum absolute atomic E-state index is 0.0865. The Bertz CT molecular complexity index is 1420. The number of benzene rings is 2. The Morgan fingerprint density at radius 2 is 1.71 bits per heavy atom. The number of H-pyrrole nitrogens is 1. The number of methoxy groups -OCH3 is 2. The fourth-order valence-corrected chi connectivity index (χ4v) is 4.28. The van der Waals surface area contributed by atoms with Crippen LogP contribution in [0.5, 0.6) is 11.5 Å². The van der Waals surface area contributed by atoms with Crippen molar-refractivity contribution in [1.82, 2.24) is 29.9 Å². The van der Waals surface area contributed by atoms with Crippen LogP contribution in [-0.4, -0.2) is 76.2 Å². The minimum atomic E-state index is -0.260. The first-order valence-corrected chi connectivity index (χ1v) is 11.2. The molecule has 180 valence electrons. The second kappa shape index (κ2) is 9.45. The molecule has 4 aromatic rings.